The highest BCUT2D eigenvalue weighted by molar-refractivity contribution is 8.03. The predicted octanol–water partition coefficient (Wildman–Crippen LogP) is 3.88. The zero-order chi connectivity index (χ0) is 12.7. The summed E-state index contributed by atoms with van der Waals surface area (Å²) >= 11 is 1.77. The van der Waals surface area contributed by atoms with E-state index in [0.29, 0.717) is 5.71 Å². The Labute approximate surface area is 123 Å². The molecule has 19 heavy (non-hydrogen) atoms. The summed E-state index contributed by atoms with van der Waals surface area (Å²) in [5.74, 6) is 0. The van der Waals surface area contributed by atoms with Gasteiger partial charge in [0.1, 0.15) is 0 Å². The fourth-order valence-corrected chi connectivity index (χ4v) is 3.19. The molecule has 0 saturated carbocycles. The lowest BCUT2D eigenvalue weighted by Crippen LogP contribution is -2.13. The Kier molecular flexibility index (Phi) is 3.92. The zero-order valence-corrected chi connectivity index (χ0v) is 12.5. The molecule has 1 aliphatic carbocycles. The van der Waals surface area contributed by atoms with Gasteiger partial charge < -0.3 is 15.6 Å². The third kappa shape index (κ3) is 2.65. The van der Waals surface area contributed by atoms with Gasteiger partial charge in [-0.05, 0) is 30.4 Å². The monoisotopic (exact) mass is 293 g/mol. The van der Waals surface area contributed by atoms with E-state index in [2.05, 4.69) is 28.4 Å². The Balaban J connectivity index is 0.00000133. The van der Waals surface area contributed by atoms with E-state index in [1.165, 1.54) is 15.5 Å². The van der Waals surface area contributed by atoms with Crippen molar-refractivity contribution < 1.29 is 0 Å². The van der Waals surface area contributed by atoms with E-state index in [1.54, 1.807) is 11.8 Å². The van der Waals surface area contributed by atoms with Crippen molar-refractivity contribution in [3.05, 3.63) is 41.0 Å². The Bertz CT molecular complexity index is 590. The molecule has 0 amide bonds. The van der Waals surface area contributed by atoms with Crippen LogP contribution >= 0.6 is 24.2 Å². The normalized spacial score (nSPS) is 16.2. The summed E-state index contributed by atoms with van der Waals surface area (Å²) in [4.78, 5) is 4.59. The minimum Gasteiger partial charge on any atom is -0.378 e. The number of rotatable bonds is 1. The Morgan fingerprint density at radius 1 is 1.26 bits per heavy atom. The molecule has 1 aromatic carbocycles. The van der Waals surface area contributed by atoms with Crippen LogP contribution in [0.5, 0.6) is 0 Å². The van der Waals surface area contributed by atoms with Gasteiger partial charge in [0.2, 0.25) is 0 Å². The number of thioether (sulfide) groups is 1. The van der Waals surface area contributed by atoms with Gasteiger partial charge in [-0.3, -0.25) is 0 Å². The second-order valence-corrected chi connectivity index (χ2v) is 5.81. The zero-order valence-electron chi connectivity index (χ0n) is 10.9. The average Bonchev–Trinajstić information content (AvgIpc) is 2.35. The molecule has 0 bridgehead atoms. The van der Waals surface area contributed by atoms with Crippen LogP contribution in [0, 0.1) is 5.41 Å². The highest BCUT2D eigenvalue weighted by Gasteiger charge is 2.20. The van der Waals surface area contributed by atoms with E-state index in [0.717, 1.165) is 17.8 Å². The van der Waals surface area contributed by atoms with E-state index < -0.39 is 0 Å². The first-order valence-corrected chi connectivity index (χ1v) is 6.70. The van der Waals surface area contributed by atoms with Crippen LogP contribution in [-0.2, 0) is 0 Å². The molecule has 0 fully saturated rings. The molecule has 0 radical (unpaired) electrons. The molecule has 1 aliphatic heterocycles. The first kappa shape index (κ1) is 14.0. The maximum absolute atomic E-state index is 7.74. The summed E-state index contributed by atoms with van der Waals surface area (Å²) in [6.07, 6.45) is 4.59. The van der Waals surface area contributed by atoms with Crippen LogP contribution in [0.2, 0.25) is 0 Å². The number of benzene rings is 1. The van der Waals surface area contributed by atoms with Crippen molar-refractivity contribution in [3.8, 4) is 0 Å². The largest absolute Gasteiger partial charge is 0.378 e. The molecule has 3 nitrogen and oxygen atoms in total. The molecule has 0 aromatic heterocycles. The first-order valence-electron chi connectivity index (χ1n) is 5.88. The number of nitrogens with zero attached hydrogens (tertiary/aromatic N) is 1. The number of fused-ring (bicyclic) bond motifs is 1. The van der Waals surface area contributed by atoms with Crippen LogP contribution in [0.4, 0.5) is 11.4 Å². The first-order chi connectivity index (χ1) is 8.63. The molecule has 0 spiro atoms. The molecule has 2 aliphatic rings. The minimum atomic E-state index is 0. The van der Waals surface area contributed by atoms with Crippen LogP contribution in [0.25, 0.3) is 0 Å². The lowest BCUT2D eigenvalue weighted by molar-refractivity contribution is 1.12. The van der Waals surface area contributed by atoms with Gasteiger partial charge in [-0.1, -0.05) is 11.8 Å². The number of halogens is 1. The molecule has 0 unspecified atom stereocenters. The van der Waals surface area contributed by atoms with Crippen LogP contribution in [-0.4, -0.2) is 19.8 Å². The summed E-state index contributed by atoms with van der Waals surface area (Å²) in [5, 5.41) is 11.2. The summed E-state index contributed by atoms with van der Waals surface area (Å²) in [7, 11) is 4.10. The summed E-state index contributed by atoms with van der Waals surface area (Å²) in [6.45, 7) is 0. The van der Waals surface area contributed by atoms with E-state index in [-0.39, 0.29) is 12.4 Å². The number of hydrogen-bond donors (Lipinski definition) is 2. The SMILES string of the molecule is CN(C)c1ccc2c(c1)SC1=C(C=CC(=N)C1)N2.Cl. The molecule has 2 N–H and O–H groups in total. The third-order valence-corrected chi connectivity index (χ3v) is 4.26. The molecule has 3 rings (SSSR count). The molecule has 5 heteroatoms. The number of anilines is 2. The third-order valence-electron chi connectivity index (χ3n) is 3.09. The van der Waals surface area contributed by atoms with Crippen LogP contribution < -0.4 is 10.2 Å². The minimum absolute atomic E-state index is 0. The standard InChI is InChI=1S/C14H15N3S.ClH/c1-17(2)10-4-6-12-14(8-10)18-13-7-9(15)3-5-11(13)16-12;/h3-6,8,15-16H,7H2,1-2H3;1H. The molecule has 0 atom stereocenters. The highest BCUT2D eigenvalue weighted by Crippen LogP contribution is 2.44. The van der Waals surface area contributed by atoms with Gasteiger partial charge in [0.15, 0.2) is 0 Å². The summed E-state index contributed by atoms with van der Waals surface area (Å²) in [6, 6.07) is 6.43. The van der Waals surface area contributed by atoms with Gasteiger partial charge in [0.25, 0.3) is 0 Å². The van der Waals surface area contributed by atoms with Crippen molar-refractivity contribution in [1.29, 1.82) is 5.41 Å². The van der Waals surface area contributed by atoms with Gasteiger partial charge in [-0.25, -0.2) is 0 Å². The highest BCUT2D eigenvalue weighted by atomic mass is 35.5. The predicted molar refractivity (Wildman–Crippen MR) is 86.0 cm³/mol. The quantitative estimate of drug-likeness (QED) is 0.825. The van der Waals surface area contributed by atoms with Crippen molar-refractivity contribution >= 4 is 41.3 Å². The maximum Gasteiger partial charge on any atom is 0.0527 e. The molecular weight excluding hydrogens is 278 g/mol. The Morgan fingerprint density at radius 2 is 2.05 bits per heavy atom. The Hall–Kier alpha value is -1.39. The maximum atomic E-state index is 7.74. The Morgan fingerprint density at radius 3 is 2.79 bits per heavy atom. The molecule has 1 heterocycles. The van der Waals surface area contributed by atoms with E-state index >= 15 is 0 Å². The van der Waals surface area contributed by atoms with Crippen molar-refractivity contribution in [3.63, 3.8) is 0 Å². The van der Waals surface area contributed by atoms with Crippen molar-refractivity contribution in [1.82, 2.24) is 0 Å². The fourth-order valence-electron chi connectivity index (χ4n) is 2.06. The van der Waals surface area contributed by atoms with Gasteiger partial charge in [-0.2, -0.15) is 0 Å². The number of hydrogen-bond acceptors (Lipinski definition) is 4. The van der Waals surface area contributed by atoms with E-state index in [4.69, 9.17) is 5.41 Å². The second kappa shape index (κ2) is 5.31. The summed E-state index contributed by atoms with van der Waals surface area (Å²) < 4.78 is 0. The lowest BCUT2D eigenvalue weighted by atomic mass is 10.1. The molecule has 1 aromatic rings. The van der Waals surface area contributed by atoms with E-state index in [9.17, 15) is 0 Å². The molecule has 0 saturated heterocycles. The van der Waals surface area contributed by atoms with Crippen molar-refractivity contribution in [2.24, 2.45) is 0 Å². The molecule has 100 valence electrons. The fraction of sp³-hybridized carbons (Fsp3) is 0.214. The smallest absolute Gasteiger partial charge is 0.0527 e. The lowest BCUT2D eigenvalue weighted by Gasteiger charge is -2.26. The number of allylic oxidation sites excluding steroid dienone is 3. The number of nitrogens with one attached hydrogen (secondary N) is 2. The summed E-state index contributed by atoms with van der Waals surface area (Å²) in [5.41, 5.74) is 4.17. The van der Waals surface area contributed by atoms with Gasteiger partial charge in [0.05, 0.1) is 5.69 Å². The van der Waals surface area contributed by atoms with Crippen LogP contribution in [0.1, 0.15) is 6.42 Å². The molecular formula is C14H16ClN3S. The average molecular weight is 294 g/mol. The topological polar surface area (TPSA) is 39.1 Å². The van der Waals surface area contributed by atoms with Gasteiger partial charge in [-0.15, -0.1) is 12.4 Å². The van der Waals surface area contributed by atoms with Crippen LogP contribution in [0.15, 0.2) is 45.8 Å². The van der Waals surface area contributed by atoms with Gasteiger partial charge in [0, 0.05) is 47.4 Å². The van der Waals surface area contributed by atoms with Crippen molar-refractivity contribution in [2.75, 3.05) is 24.3 Å². The van der Waals surface area contributed by atoms with Crippen molar-refractivity contribution in [2.45, 2.75) is 11.3 Å². The van der Waals surface area contributed by atoms with Gasteiger partial charge >= 0.3 is 0 Å². The van der Waals surface area contributed by atoms with E-state index in [1.807, 2.05) is 26.2 Å². The van der Waals surface area contributed by atoms with Crippen LogP contribution in [0.3, 0.4) is 0 Å². The second-order valence-electron chi connectivity index (χ2n) is 4.67.